The van der Waals surface area contributed by atoms with Crippen molar-refractivity contribution in [2.75, 3.05) is 26.0 Å². The highest BCUT2D eigenvalue weighted by Crippen LogP contribution is 2.23. The van der Waals surface area contributed by atoms with E-state index in [1.165, 1.54) is 10.5 Å². The summed E-state index contributed by atoms with van der Waals surface area (Å²) < 4.78 is 0. The van der Waals surface area contributed by atoms with E-state index in [1.807, 2.05) is 30.5 Å². The molecule has 38 heavy (non-hydrogen) atoms. The summed E-state index contributed by atoms with van der Waals surface area (Å²) in [5.41, 5.74) is 5.19. The van der Waals surface area contributed by atoms with Crippen LogP contribution >= 0.6 is 0 Å². The smallest absolute Gasteiger partial charge is 0.325 e. The summed E-state index contributed by atoms with van der Waals surface area (Å²) in [4.78, 5) is 45.1. The third-order valence-electron chi connectivity index (χ3n) is 6.77. The van der Waals surface area contributed by atoms with Crippen LogP contribution in [-0.2, 0) is 24.2 Å². The minimum atomic E-state index is -0.620. The van der Waals surface area contributed by atoms with Crippen molar-refractivity contribution in [3.05, 3.63) is 101 Å². The van der Waals surface area contributed by atoms with E-state index in [-0.39, 0.29) is 18.4 Å². The standard InChI is InChI=1S/C30H31N5O3/c1-34(2)14-13-23-18-31-26-12-11-20(16-25(23)26)17-27-29(37)35(30(38)33-27)19-21-7-6-10-24(15-21)32-28(36)22-8-4-3-5-9-22/h3-12,15-16,18,27,31H,13-14,17,19H2,1-2H3,(H,32,36)(H,33,38). The molecule has 1 fully saturated rings. The molecule has 8 heteroatoms. The van der Waals surface area contributed by atoms with Crippen LogP contribution in [0.1, 0.15) is 27.0 Å². The van der Waals surface area contributed by atoms with Crippen LogP contribution in [0.3, 0.4) is 0 Å². The molecule has 1 atom stereocenters. The minimum absolute atomic E-state index is 0.127. The van der Waals surface area contributed by atoms with Crippen LogP contribution in [0, 0.1) is 0 Å². The number of anilines is 1. The number of H-pyrrole nitrogens is 1. The monoisotopic (exact) mass is 509 g/mol. The fourth-order valence-electron chi connectivity index (χ4n) is 4.73. The highest BCUT2D eigenvalue weighted by Gasteiger charge is 2.37. The van der Waals surface area contributed by atoms with E-state index in [0.717, 1.165) is 35.0 Å². The number of fused-ring (bicyclic) bond motifs is 1. The molecule has 3 aromatic carbocycles. The van der Waals surface area contributed by atoms with Crippen molar-refractivity contribution in [2.45, 2.75) is 25.4 Å². The molecule has 1 aromatic heterocycles. The second-order valence-electron chi connectivity index (χ2n) is 9.90. The predicted octanol–water partition coefficient (Wildman–Crippen LogP) is 4.19. The molecule has 8 nitrogen and oxygen atoms in total. The normalized spacial score (nSPS) is 15.3. The maximum Gasteiger partial charge on any atom is 0.325 e. The summed E-state index contributed by atoms with van der Waals surface area (Å²) >= 11 is 0. The zero-order valence-corrected chi connectivity index (χ0v) is 21.5. The number of nitrogens with one attached hydrogen (secondary N) is 3. The first-order chi connectivity index (χ1) is 18.4. The fourth-order valence-corrected chi connectivity index (χ4v) is 4.73. The summed E-state index contributed by atoms with van der Waals surface area (Å²) in [6.45, 7) is 1.07. The Bertz CT molecular complexity index is 1480. The number of aromatic nitrogens is 1. The molecule has 0 aliphatic carbocycles. The van der Waals surface area contributed by atoms with Gasteiger partial charge in [0.1, 0.15) is 6.04 Å². The third kappa shape index (κ3) is 5.60. The number of likely N-dealkylation sites (N-methyl/N-ethyl adjacent to an activating group) is 1. The van der Waals surface area contributed by atoms with Gasteiger partial charge in [0.2, 0.25) is 0 Å². The van der Waals surface area contributed by atoms with E-state index in [4.69, 9.17) is 0 Å². The average Bonchev–Trinajstić information content (AvgIpc) is 3.43. The molecular weight excluding hydrogens is 478 g/mol. The second-order valence-corrected chi connectivity index (χ2v) is 9.90. The molecule has 1 unspecified atom stereocenters. The number of nitrogens with zero attached hydrogens (tertiary/aromatic N) is 2. The molecule has 0 bridgehead atoms. The van der Waals surface area contributed by atoms with Gasteiger partial charge < -0.3 is 20.5 Å². The van der Waals surface area contributed by atoms with Gasteiger partial charge >= 0.3 is 6.03 Å². The summed E-state index contributed by atoms with van der Waals surface area (Å²) in [7, 11) is 4.11. The van der Waals surface area contributed by atoms with E-state index in [1.54, 1.807) is 42.5 Å². The first kappa shape index (κ1) is 25.2. The molecule has 0 saturated carbocycles. The van der Waals surface area contributed by atoms with Crippen molar-refractivity contribution in [2.24, 2.45) is 0 Å². The van der Waals surface area contributed by atoms with Gasteiger partial charge in [-0.2, -0.15) is 0 Å². The molecule has 1 aliphatic heterocycles. The number of hydrogen-bond donors (Lipinski definition) is 3. The van der Waals surface area contributed by atoms with Gasteiger partial charge in [0.15, 0.2) is 0 Å². The number of urea groups is 1. The maximum absolute atomic E-state index is 13.2. The van der Waals surface area contributed by atoms with Gasteiger partial charge in [-0.1, -0.05) is 36.4 Å². The van der Waals surface area contributed by atoms with Crippen LogP contribution in [0.25, 0.3) is 10.9 Å². The second kappa shape index (κ2) is 10.9. The van der Waals surface area contributed by atoms with Crippen molar-refractivity contribution in [3.8, 4) is 0 Å². The largest absolute Gasteiger partial charge is 0.361 e. The lowest BCUT2D eigenvalue weighted by Gasteiger charge is -2.14. The highest BCUT2D eigenvalue weighted by atomic mass is 16.2. The first-order valence-corrected chi connectivity index (χ1v) is 12.7. The summed E-state index contributed by atoms with van der Waals surface area (Å²) in [6, 6.07) is 21.2. The summed E-state index contributed by atoms with van der Waals surface area (Å²) in [5.74, 6) is -0.474. The molecule has 0 spiro atoms. The van der Waals surface area contributed by atoms with Gasteiger partial charge in [-0.05, 0) is 73.6 Å². The van der Waals surface area contributed by atoms with E-state index in [0.29, 0.717) is 17.7 Å². The van der Waals surface area contributed by atoms with Crippen LogP contribution in [0.2, 0.25) is 0 Å². The number of amides is 4. The van der Waals surface area contributed by atoms with Gasteiger partial charge in [0.05, 0.1) is 6.54 Å². The van der Waals surface area contributed by atoms with Crippen LogP contribution in [0.15, 0.2) is 79.0 Å². The van der Waals surface area contributed by atoms with Crippen LogP contribution in [-0.4, -0.2) is 59.3 Å². The molecule has 3 N–H and O–H groups in total. The lowest BCUT2D eigenvalue weighted by molar-refractivity contribution is -0.127. The highest BCUT2D eigenvalue weighted by molar-refractivity contribution is 6.05. The lowest BCUT2D eigenvalue weighted by atomic mass is 10.0. The summed E-state index contributed by atoms with van der Waals surface area (Å²) in [5, 5.41) is 6.86. The number of hydrogen-bond acceptors (Lipinski definition) is 4. The molecule has 4 amide bonds. The molecule has 4 aromatic rings. The van der Waals surface area contributed by atoms with Gasteiger partial charge in [0, 0.05) is 41.3 Å². The Morgan fingerprint density at radius 1 is 0.974 bits per heavy atom. The van der Waals surface area contributed by atoms with E-state index in [9.17, 15) is 14.4 Å². The first-order valence-electron chi connectivity index (χ1n) is 12.7. The molecule has 2 heterocycles. The number of rotatable bonds is 9. The minimum Gasteiger partial charge on any atom is -0.361 e. The number of benzene rings is 3. The SMILES string of the molecule is CN(C)CCc1c[nH]c2ccc(CC3NC(=O)N(Cc4cccc(NC(=O)c5ccccc5)c4)C3=O)cc12. The Morgan fingerprint density at radius 3 is 2.58 bits per heavy atom. The van der Waals surface area contributed by atoms with Crippen LogP contribution in [0.5, 0.6) is 0 Å². The van der Waals surface area contributed by atoms with E-state index in [2.05, 4.69) is 40.7 Å². The van der Waals surface area contributed by atoms with Crippen LogP contribution in [0.4, 0.5) is 10.5 Å². The fraction of sp³-hybridized carbons (Fsp3) is 0.233. The van der Waals surface area contributed by atoms with E-state index < -0.39 is 12.1 Å². The molecule has 1 saturated heterocycles. The van der Waals surface area contributed by atoms with Gasteiger partial charge in [-0.15, -0.1) is 0 Å². The van der Waals surface area contributed by atoms with Gasteiger partial charge in [-0.3, -0.25) is 14.5 Å². The molecule has 194 valence electrons. The Hall–Kier alpha value is -4.43. The van der Waals surface area contributed by atoms with Crippen molar-refractivity contribution in [3.63, 3.8) is 0 Å². The Labute approximate surface area is 221 Å². The predicted molar refractivity (Wildman–Crippen MR) is 148 cm³/mol. The Balaban J connectivity index is 1.25. The molecule has 0 radical (unpaired) electrons. The van der Waals surface area contributed by atoms with Crippen LogP contribution < -0.4 is 10.6 Å². The molecule has 5 rings (SSSR count). The third-order valence-corrected chi connectivity index (χ3v) is 6.77. The van der Waals surface area contributed by atoms with Gasteiger partial charge in [-0.25, -0.2) is 4.79 Å². The van der Waals surface area contributed by atoms with Crippen molar-refractivity contribution >= 4 is 34.4 Å². The molecular formula is C30H31N5O3. The summed E-state index contributed by atoms with van der Waals surface area (Å²) in [6.07, 6.45) is 3.38. The number of carbonyl (C=O) groups excluding carboxylic acids is 3. The zero-order chi connectivity index (χ0) is 26.6. The maximum atomic E-state index is 13.2. The van der Waals surface area contributed by atoms with Crippen molar-refractivity contribution in [1.82, 2.24) is 20.1 Å². The Morgan fingerprint density at radius 2 is 1.79 bits per heavy atom. The zero-order valence-electron chi connectivity index (χ0n) is 21.5. The Kier molecular flexibility index (Phi) is 7.24. The number of imide groups is 1. The number of aromatic amines is 1. The number of carbonyl (C=O) groups is 3. The molecule has 1 aliphatic rings. The van der Waals surface area contributed by atoms with Crippen molar-refractivity contribution < 1.29 is 14.4 Å². The average molecular weight is 510 g/mol. The van der Waals surface area contributed by atoms with E-state index >= 15 is 0 Å². The topological polar surface area (TPSA) is 97.5 Å². The van der Waals surface area contributed by atoms with Crippen molar-refractivity contribution in [1.29, 1.82) is 0 Å². The van der Waals surface area contributed by atoms with Gasteiger partial charge in [0.25, 0.3) is 11.8 Å². The lowest BCUT2D eigenvalue weighted by Crippen LogP contribution is -2.32. The quantitative estimate of drug-likeness (QED) is 0.295.